The van der Waals surface area contributed by atoms with Crippen molar-refractivity contribution in [3.8, 4) is 0 Å². The highest BCUT2D eigenvalue weighted by Crippen LogP contribution is 2.45. The van der Waals surface area contributed by atoms with Crippen molar-refractivity contribution in [2.45, 2.75) is 142 Å². The highest BCUT2D eigenvalue weighted by molar-refractivity contribution is 5.75. The third-order valence-corrected chi connectivity index (χ3v) is 8.32. The minimum atomic E-state index is -0.658. The molecule has 204 valence electrons. The van der Waals surface area contributed by atoms with E-state index in [1.54, 1.807) is 0 Å². The summed E-state index contributed by atoms with van der Waals surface area (Å²) < 4.78 is 11.4. The molecule has 0 aromatic carbocycles. The molecule has 2 fully saturated rings. The predicted molar refractivity (Wildman–Crippen MR) is 134 cm³/mol. The fraction of sp³-hybridized carbons (Fsp3) is 0.926. The van der Waals surface area contributed by atoms with Gasteiger partial charge in [-0.25, -0.2) is 0 Å². The molecule has 0 amide bonds. The molecular weight excluding hydrogens is 448 g/mol. The van der Waals surface area contributed by atoms with E-state index in [4.69, 9.17) is 9.47 Å². The van der Waals surface area contributed by atoms with Crippen molar-refractivity contribution >= 4 is 11.9 Å². The first kappa shape index (κ1) is 30.0. The van der Waals surface area contributed by atoms with Crippen LogP contribution >= 0.6 is 0 Å². The Morgan fingerprint density at radius 2 is 1.26 bits per heavy atom. The molecule has 2 saturated heterocycles. The third-order valence-electron chi connectivity index (χ3n) is 8.32. The lowest BCUT2D eigenvalue weighted by atomic mass is 9.87. The predicted octanol–water partition coefficient (Wildman–Crippen LogP) is 5.34. The van der Waals surface area contributed by atoms with Gasteiger partial charge in [0, 0.05) is 11.1 Å². The van der Waals surface area contributed by atoms with Crippen molar-refractivity contribution in [1.82, 2.24) is 10.1 Å². The van der Waals surface area contributed by atoms with Gasteiger partial charge in [0.2, 0.25) is 0 Å². The van der Waals surface area contributed by atoms with Crippen molar-refractivity contribution in [3.63, 3.8) is 0 Å². The molecular formula is C27H50N2O6. The summed E-state index contributed by atoms with van der Waals surface area (Å²) in [6.07, 6.45) is 6.22. The second kappa shape index (κ2) is 11.0. The lowest BCUT2D eigenvalue weighted by Gasteiger charge is -2.35. The molecule has 0 bridgehead atoms. The van der Waals surface area contributed by atoms with E-state index in [1.807, 2.05) is 62.3 Å². The van der Waals surface area contributed by atoms with Crippen molar-refractivity contribution in [2.24, 2.45) is 11.8 Å². The van der Waals surface area contributed by atoms with Gasteiger partial charge in [-0.05, 0) is 93.9 Å². The van der Waals surface area contributed by atoms with E-state index < -0.39 is 22.2 Å². The Morgan fingerprint density at radius 3 is 1.69 bits per heavy atom. The molecule has 0 spiro atoms. The van der Waals surface area contributed by atoms with Gasteiger partial charge in [0.15, 0.2) is 0 Å². The maximum Gasteiger partial charge on any atom is 0.311 e. The molecule has 2 aliphatic rings. The average Bonchev–Trinajstić information content (AvgIpc) is 3.04. The Morgan fingerprint density at radius 1 is 0.800 bits per heavy atom. The zero-order chi connectivity index (χ0) is 26.8. The topological polar surface area (TPSA) is 99.5 Å². The lowest BCUT2D eigenvalue weighted by Crippen LogP contribution is -2.48. The van der Waals surface area contributed by atoms with Gasteiger partial charge in [-0.15, -0.1) is 0 Å². The molecule has 0 aromatic heterocycles. The number of hydrogen-bond acceptors (Lipinski definition) is 8. The second-order valence-corrected chi connectivity index (χ2v) is 12.9. The quantitative estimate of drug-likeness (QED) is 0.291. The van der Waals surface area contributed by atoms with E-state index >= 15 is 0 Å². The Kier molecular flexibility index (Phi) is 9.46. The molecule has 0 aliphatic carbocycles. The molecule has 0 radical (unpaired) electrons. The van der Waals surface area contributed by atoms with Gasteiger partial charge in [-0.1, -0.05) is 19.8 Å². The van der Waals surface area contributed by atoms with Gasteiger partial charge in [0.05, 0.1) is 29.5 Å². The van der Waals surface area contributed by atoms with Gasteiger partial charge in [0.1, 0.15) is 6.10 Å². The van der Waals surface area contributed by atoms with Crippen LogP contribution in [0.3, 0.4) is 0 Å². The maximum atomic E-state index is 12.9. The first-order chi connectivity index (χ1) is 16.0. The largest absolute Gasteiger partial charge is 0.465 e. The summed E-state index contributed by atoms with van der Waals surface area (Å²) in [4.78, 5) is 25.5. The molecule has 2 heterocycles. The molecule has 2 rings (SSSR count). The van der Waals surface area contributed by atoms with Gasteiger partial charge >= 0.3 is 11.9 Å². The Hall–Kier alpha value is -1.22. The fourth-order valence-corrected chi connectivity index (χ4v) is 5.96. The summed E-state index contributed by atoms with van der Waals surface area (Å²) in [6, 6.07) is 0. The van der Waals surface area contributed by atoms with Gasteiger partial charge in [0.25, 0.3) is 0 Å². The number of carbonyl (C=O) groups is 2. The SMILES string of the molecule is CCC(CCCCCCOC(=O)C1CC(C)(C)N(O)C1(C)C)OC(=O)C1CC(C)(C)N(O)C1(C)C. The molecule has 3 unspecified atom stereocenters. The summed E-state index contributed by atoms with van der Waals surface area (Å²) >= 11 is 0. The van der Waals surface area contributed by atoms with Crippen molar-refractivity contribution in [1.29, 1.82) is 0 Å². The zero-order valence-electron chi connectivity index (χ0n) is 23.5. The van der Waals surface area contributed by atoms with Crippen LogP contribution in [0.4, 0.5) is 0 Å². The van der Waals surface area contributed by atoms with Crippen LogP contribution in [0.1, 0.15) is 114 Å². The van der Waals surface area contributed by atoms with Crippen molar-refractivity contribution in [2.75, 3.05) is 6.61 Å². The Labute approximate surface area is 212 Å². The van der Waals surface area contributed by atoms with Crippen LogP contribution in [0.25, 0.3) is 0 Å². The van der Waals surface area contributed by atoms with Crippen molar-refractivity contribution in [3.05, 3.63) is 0 Å². The molecule has 2 aliphatic heterocycles. The number of nitrogens with zero attached hydrogens (tertiary/aromatic N) is 2. The van der Waals surface area contributed by atoms with Gasteiger partial charge < -0.3 is 19.9 Å². The van der Waals surface area contributed by atoms with Gasteiger partial charge in [-0.3, -0.25) is 9.59 Å². The number of unbranched alkanes of at least 4 members (excludes halogenated alkanes) is 3. The molecule has 0 saturated carbocycles. The third kappa shape index (κ3) is 6.56. The number of hydroxylamine groups is 4. The molecule has 3 atom stereocenters. The zero-order valence-corrected chi connectivity index (χ0v) is 23.5. The first-order valence-corrected chi connectivity index (χ1v) is 13.3. The monoisotopic (exact) mass is 498 g/mol. The van der Waals surface area contributed by atoms with Crippen molar-refractivity contribution < 1.29 is 29.5 Å². The minimum Gasteiger partial charge on any atom is -0.465 e. The standard InChI is InChI=1S/C27H50N2O6/c1-10-19(35-23(31)21-18-25(4,5)29(33)27(21,8)9)15-13-11-12-14-16-34-22(30)20-17-24(2,3)28(32)26(20,6)7/h19-21,32-33H,10-18H2,1-9H3. The van der Waals surface area contributed by atoms with Crippen LogP contribution in [0.2, 0.25) is 0 Å². The fourth-order valence-electron chi connectivity index (χ4n) is 5.96. The number of ether oxygens (including phenoxy) is 2. The van der Waals surface area contributed by atoms with Crippen LogP contribution < -0.4 is 0 Å². The van der Waals surface area contributed by atoms with E-state index in [0.29, 0.717) is 19.4 Å². The van der Waals surface area contributed by atoms with E-state index in [9.17, 15) is 20.0 Å². The first-order valence-electron chi connectivity index (χ1n) is 13.3. The molecule has 8 nitrogen and oxygen atoms in total. The number of hydrogen-bond donors (Lipinski definition) is 2. The second-order valence-electron chi connectivity index (χ2n) is 12.9. The molecule has 35 heavy (non-hydrogen) atoms. The van der Waals surface area contributed by atoms with E-state index in [-0.39, 0.29) is 29.9 Å². The summed E-state index contributed by atoms with van der Waals surface area (Å²) in [5.41, 5.74) is -2.21. The van der Waals surface area contributed by atoms with Crippen LogP contribution in [0.15, 0.2) is 0 Å². The maximum absolute atomic E-state index is 12.9. The van der Waals surface area contributed by atoms with Gasteiger partial charge in [-0.2, -0.15) is 10.1 Å². The smallest absolute Gasteiger partial charge is 0.311 e. The normalized spacial score (nSPS) is 28.1. The molecule has 0 aromatic rings. The van der Waals surface area contributed by atoms with Crippen LogP contribution in [0, 0.1) is 11.8 Å². The number of esters is 2. The lowest BCUT2D eigenvalue weighted by molar-refractivity contribution is -0.201. The van der Waals surface area contributed by atoms with E-state index in [1.165, 1.54) is 10.1 Å². The number of carbonyl (C=O) groups excluding carboxylic acids is 2. The highest BCUT2D eigenvalue weighted by atomic mass is 16.6. The summed E-state index contributed by atoms with van der Waals surface area (Å²) in [7, 11) is 0. The highest BCUT2D eigenvalue weighted by Gasteiger charge is 2.56. The Bertz CT molecular complexity index is 748. The molecule has 2 N–H and O–H groups in total. The van der Waals surface area contributed by atoms with Crippen LogP contribution in [-0.2, 0) is 19.1 Å². The summed E-state index contributed by atoms with van der Waals surface area (Å²) in [5.74, 6) is -1.18. The summed E-state index contributed by atoms with van der Waals surface area (Å²) in [5, 5.41) is 23.5. The van der Waals surface area contributed by atoms with Crippen LogP contribution in [-0.4, -0.2) is 67.3 Å². The van der Waals surface area contributed by atoms with E-state index in [0.717, 1.165) is 38.5 Å². The Balaban J connectivity index is 1.67. The average molecular weight is 499 g/mol. The van der Waals surface area contributed by atoms with Crippen LogP contribution in [0.5, 0.6) is 0 Å². The summed E-state index contributed by atoms with van der Waals surface area (Å²) in [6.45, 7) is 17.7. The minimum absolute atomic E-state index is 0.124. The van der Waals surface area contributed by atoms with E-state index in [2.05, 4.69) is 0 Å². The number of rotatable bonds is 11. The molecule has 8 heteroatoms.